The minimum atomic E-state index is -0.917. The van der Waals surface area contributed by atoms with Crippen molar-refractivity contribution < 1.29 is 24.2 Å². The molecule has 0 fully saturated rings. The van der Waals surface area contributed by atoms with Crippen molar-refractivity contribution in [2.75, 3.05) is 13.1 Å². The van der Waals surface area contributed by atoms with Gasteiger partial charge in [-0.3, -0.25) is 9.59 Å². The standard InChI is InChI=1S/C12H22N2O5/c1-12(2,3)19-11(18)14-8-7-13-9(15)5-4-6-10(16)17/h4-8H2,1-3H3,(H,13,15)(H,14,18)(H,16,17). The molecule has 0 aromatic carbocycles. The van der Waals surface area contributed by atoms with Crippen molar-refractivity contribution in [2.45, 2.75) is 45.6 Å². The molecule has 0 radical (unpaired) electrons. The van der Waals surface area contributed by atoms with Crippen molar-refractivity contribution in [1.29, 1.82) is 0 Å². The molecule has 2 amide bonds. The van der Waals surface area contributed by atoms with Crippen LogP contribution in [-0.2, 0) is 14.3 Å². The highest BCUT2D eigenvalue weighted by Crippen LogP contribution is 2.05. The first-order valence-corrected chi connectivity index (χ1v) is 6.16. The van der Waals surface area contributed by atoms with E-state index in [4.69, 9.17) is 9.84 Å². The van der Waals surface area contributed by atoms with Crippen LogP contribution in [0.5, 0.6) is 0 Å². The molecule has 0 rings (SSSR count). The Morgan fingerprint density at radius 2 is 1.63 bits per heavy atom. The average Bonchev–Trinajstić information content (AvgIpc) is 2.21. The molecule has 0 aromatic rings. The SMILES string of the molecule is CC(C)(C)OC(=O)NCCNC(=O)CCCC(=O)O. The number of hydrogen-bond acceptors (Lipinski definition) is 4. The number of carbonyl (C=O) groups is 3. The van der Waals surface area contributed by atoms with Gasteiger partial charge in [-0.15, -0.1) is 0 Å². The monoisotopic (exact) mass is 274 g/mol. The predicted molar refractivity (Wildman–Crippen MR) is 68.7 cm³/mol. The van der Waals surface area contributed by atoms with Gasteiger partial charge >= 0.3 is 12.1 Å². The number of rotatable bonds is 7. The van der Waals surface area contributed by atoms with Gasteiger partial charge in [0.2, 0.25) is 5.91 Å². The van der Waals surface area contributed by atoms with Gasteiger partial charge in [-0.1, -0.05) is 0 Å². The Morgan fingerprint density at radius 1 is 1.05 bits per heavy atom. The maximum Gasteiger partial charge on any atom is 0.407 e. The zero-order valence-corrected chi connectivity index (χ0v) is 11.6. The fraction of sp³-hybridized carbons (Fsp3) is 0.750. The van der Waals surface area contributed by atoms with E-state index in [2.05, 4.69) is 10.6 Å². The molecule has 3 N–H and O–H groups in total. The minimum absolute atomic E-state index is 0.0242. The van der Waals surface area contributed by atoms with E-state index in [9.17, 15) is 14.4 Å². The van der Waals surface area contributed by atoms with Gasteiger partial charge in [0.1, 0.15) is 5.60 Å². The molecule has 0 aliphatic carbocycles. The van der Waals surface area contributed by atoms with E-state index in [-0.39, 0.29) is 31.8 Å². The zero-order valence-electron chi connectivity index (χ0n) is 11.6. The van der Waals surface area contributed by atoms with Crippen LogP contribution in [0.1, 0.15) is 40.0 Å². The Bertz CT molecular complexity index is 323. The zero-order chi connectivity index (χ0) is 14.9. The second-order valence-electron chi connectivity index (χ2n) is 5.03. The number of amides is 2. The van der Waals surface area contributed by atoms with Crippen molar-refractivity contribution in [1.82, 2.24) is 10.6 Å². The van der Waals surface area contributed by atoms with Crippen molar-refractivity contribution in [3.05, 3.63) is 0 Å². The number of hydrogen-bond donors (Lipinski definition) is 3. The molecule has 7 nitrogen and oxygen atoms in total. The largest absolute Gasteiger partial charge is 0.481 e. The number of aliphatic carboxylic acids is 1. The molecule has 0 unspecified atom stereocenters. The van der Waals surface area contributed by atoms with Crippen LogP contribution in [0.25, 0.3) is 0 Å². The fourth-order valence-electron chi connectivity index (χ4n) is 1.17. The van der Waals surface area contributed by atoms with E-state index in [0.29, 0.717) is 6.42 Å². The Balaban J connectivity index is 3.56. The third kappa shape index (κ3) is 12.5. The van der Waals surface area contributed by atoms with Gasteiger partial charge in [0.15, 0.2) is 0 Å². The minimum Gasteiger partial charge on any atom is -0.481 e. The number of carboxylic acids is 1. The Kier molecular flexibility index (Phi) is 7.55. The summed E-state index contributed by atoms with van der Waals surface area (Å²) in [4.78, 5) is 32.7. The first-order chi connectivity index (χ1) is 8.70. The van der Waals surface area contributed by atoms with Crippen LogP contribution in [0.3, 0.4) is 0 Å². The molecule has 110 valence electrons. The van der Waals surface area contributed by atoms with E-state index >= 15 is 0 Å². The second kappa shape index (κ2) is 8.34. The van der Waals surface area contributed by atoms with Gasteiger partial charge in [0.25, 0.3) is 0 Å². The second-order valence-corrected chi connectivity index (χ2v) is 5.03. The molecule has 0 aliphatic rings. The third-order valence-corrected chi connectivity index (χ3v) is 1.91. The highest BCUT2D eigenvalue weighted by atomic mass is 16.6. The normalized spacial score (nSPS) is 10.7. The molecule has 0 aliphatic heterocycles. The van der Waals surface area contributed by atoms with E-state index in [1.807, 2.05) is 0 Å². The van der Waals surface area contributed by atoms with Crippen LogP contribution in [0.15, 0.2) is 0 Å². The number of carboxylic acid groups (broad SMARTS) is 1. The van der Waals surface area contributed by atoms with Crippen LogP contribution in [0.2, 0.25) is 0 Å². The summed E-state index contributed by atoms with van der Waals surface area (Å²) in [5, 5.41) is 13.5. The van der Waals surface area contributed by atoms with Crippen molar-refractivity contribution in [3.8, 4) is 0 Å². The van der Waals surface area contributed by atoms with Crippen LogP contribution in [-0.4, -0.2) is 41.8 Å². The molecule has 0 atom stereocenters. The smallest absolute Gasteiger partial charge is 0.407 e. The molecular formula is C12H22N2O5. The molecule has 0 bridgehead atoms. The first kappa shape index (κ1) is 17.2. The quantitative estimate of drug-likeness (QED) is 0.598. The number of carbonyl (C=O) groups excluding carboxylic acids is 2. The summed E-state index contributed by atoms with van der Waals surface area (Å²) in [6.45, 7) is 5.83. The van der Waals surface area contributed by atoms with Gasteiger partial charge in [-0.2, -0.15) is 0 Å². The van der Waals surface area contributed by atoms with Crippen molar-refractivity contribution >= 4 is 18.0 Å². The van der Waals surface area contributed by atoms with Gasteiger partial charge in [0, 0.05) is 25.9 Å². The Morgan fingerprint density at radius 3 is 2.16 bits per heavy atom. The topological polar surface area (TPSA) is 105 Å². The van der Waals surface area contributed by atoms with E-state index in [1.165, 1.54) is 0 Å². The van der Waals surface area contributed by atoms with Crippen molar-refractivity contribution in [3.63, 3.8) is 0 Å². The first-order valence-electron chi connectivity index (χ1n) is 6.16. The van der Waals surface area contributed by atoms with Crippen LogP contribution < -0.4 is 10.6 Å². The molecule has 7 heteroatoms. The summed E-state index contributed by atoms with van der Waals surface area (Å²) in [5.74, 6) is -1.15. The van der Waals surface area contributed by atoms with Crippen LogP contribution >= 0.6 is 0 Å². The molecule has 0 aromatic heterocycles. The number of ether oxygens (including phenoxy) is 1. The van der Waals surface area contributed by atoms with Gasteiger partial charge < -0.3 is 20.5 Å². The summed E-state index contributed by atoms with van der Waals surface area (Å²) in [7, 11) is 0. The fourth-order valence-corrected chi connectivity index (χ4v) is 1.17. The summed E-state index contributed by atoms with van der Waals surface area (Å²) < 4.78 is 5.01. The predicted octanol–water partition coefficient (Wildman–Crippen LogP) is 0.882. The van der Waals surface area contributed by atoms with Crippen molar-refractivity contribution in [2.24, 2.45) is 0 Å². The Hall–Kier alpha value is -1.79. The van der Waals surface area contributed by atoms with Crippen LogP contribution in [0, 0.1) is 0 Å². The average molecular weight is 274 g/mol. The lowest BCUT2D eigenvalue weighted by molar-refractivity contribution is -0.137. The lowest BCUT2D eigenvalue weighted by Crippen LogP contribution is -2.37. The molecule has 19 heavy (non-hydrogen) atoms. The number of nitrogens with one attached hydrogen (secondary N) is 2. The van der Waals surface area contributed by atoms with E-state index in [1.54, 1.807) is 20.8 Å². The van der Waals surface area contributed by atoms with Crippen LogP contribution in [0.4, 0.5) is 4.79 Å². The molecule has 0 saturated carbocycles. The maximum absolute atomic E-state index is 11.3. The van der Waals surface area contributed by atoms with Gasteiger partial charge in [0.05, 0.1) is 0 Å². The van der Waals surface area contributed by atoms with Gasteiger partial charge in [-0.05, 0) is 27.2 Å². The summed E-state index contributed by atoms with van der Waals surface area (Å²) in [6.07, 6.45) is -0.0872. The summed E-state index contributed by atoms with van der Waals surface area (Å²) in [6, 6.07) is 0. The molecular weight excluding hydrogens is 252 g/mol. The highest BCUT2D eigenvalue weighted by molar-refractivity contribution is 5.76. The molecule has 0 saturated heterocycles. The lowest BCUT2D eigenvalue weighted by Gasteiger charge is -2.19. The molecule has 0 heterocycles. The summed E-state index contributed by atoms with van der Waals surface area (Å²) >= 11 is 0. The summed E-state index contributed by atoms with van der Waals surface area (Å²) in [5.41, 5.74) is -0.551. The van der Waals surface area contributed by atoms with E-state index < -0.39 is 17.7 Å². The maximum atomic E-state index is 11.3. The van der Waals surface area contributed by atoms with E-state index in [0.717, 1.165) is 0 Å². The lowest BCUT2D eigenvalue weighted by atomic mass is 10.2. The third-order valence-electron chi connectivity index (χ3n) is 1.91. The Labute approximate surface area is 112 Å². The van der Waals surface area contributed by atoms with Gasteiger partial charge in [-0.25, -0.2) is 4.79 Å². The number of alkyl carbamates (subject to hydrolysis) is 1. The highest BCUT2D eigenvalue weighted by Gasteiger charge is 2.15. The molecule has 0 spiro atoms.